The van der Waals surface area contributed by atoms with E-state index in [1.165, 1.54) is 5.56 Å². The van der Waals surface area contributed by atoms with Crippen molar-refractivity contribution in [3.05, 3.63) is 29.8 Å². The average Bonchev–Trinajstić information content (AvgIpc) is 2.29. The topological polar surface area (TPSA) is 46.5 Å². The predicted molar refractivity (Wildman–Crippen MR) is 72.9 cm³/mol. The summed E-state index contributed by atoms with van der Waals surface area (Å²) in [5.41, 5.74) is 1.17. The number of methoxy groups -OCH3 is 1. The maximum absolute atomic E-state index is 10.5. The van der Waals surface area contributed by atoms with Gasteiger partial charge in [0.25, 0.3) is 0 Å². The van der Waals surface area contributed by atoms with Crippen molar-refractivity contribution in [2.45, 2.75) is 19.8 Å². The minimum atomic E-state index is -0.625. The molecule has 3 nitrogen and oxygen atoms in total. The molecule has 0 saturated heterocycles. The molecule has 1 rings (SSSR count). The summed E-state index contributed by atoms with van der Waals surface area (Å²) >= 11 is 0. The maximum Gasteiger partial charge on any atom is 0.115 e. The highest BCUT2D eigenvalue weighted by atomic mass is 32.2. The second-order valence-corrected chi connectivity index (χ2v) is 5.37. The summed E-state index contributed by atoms with van der Waals surface area (Å²) in [7, 11) is 1.06. The Morgan fingerprint density at radius 1 is 1.24 bits per heavy atom. The number of hydrogen-bond donors (Lipinski definition) is 1. The van der Waals surface area contributed by atoms with E-state index < -0.39 is 10.8 Å². The molecule has 1 N–H and O–H groups in total. The zero-order chi connectivity index (χ0) is 13.1. The fraction of sp³-hybridized carbons (Fsp3) is 0.538. The van der Waals surface area contributed by atoms with E-state index in [1.54, 1.807) is 25.5 Å². The van der Waals surface area contributed by atoms with Crippen LogP contribution in [-0.4, -0.2) is 35.0 Å². The van der Waals surface area contributed by atoms with Crippen LogP contribution in [0.2, 0.25) is 0 Å². The number of ether oxygens (including phenoxy) is 1. The Morgan fingerprint density at radius 2 is 1.82 bits per heavy atom. The molecule has 0 aromatic heterocycles. The zero-order valence-electron chi connectivity index (χ0n) is 10.8. The van der Waals surface area contributed by atoms with Gasteiger partial charge in [-0.3, -0.25) is 4.21 Å². The zero-order valence-corrected chi connectivity index (χ0v) is 11.6. The van der Waals surface area contributed by atoms with E-state index in [-0.39, 0.29) is 0 Å². The molecule has 1 aromatic rings. The summed E-state index contributed by atoms with van der Waals surface area (Å²) < 4.78 is 15.3. The third-order valence-electron chi connectivity index (χ3n) is 2.06. The predicted octanol–water partition coefficient (Wildman–Crippen LogP) is 2.49. The first-order valence-electron chi connectivity index (χ1n) is 5.61. The minimum absolute atomic E-state index is 0.329. The summed E-state index contributed by atoms with van der Waals surface area (Å²) in [6.45, 7) is 2.77. The average molecular weight is 258 g/mol. The molecule has 0 aliphatic heterocycles. The number of rotatable bonds is 5. The van der Waals surface area contributed by atoms with Gasteiger partial charge in [0.15, 0.2) is 0 Å². The lowest BCUT2D eigenvalue weighted by atomic mass is 10.2. The van der Waals surface area contributed by atoms with Crippen molar-refractivity contribution in [3.8, 4) is 5.75 Å². The number of phenolic OH excluding ortho intramolecular Hbond substituents is 1. The van der Waals surface area contributed by atoms with Gasteiger partial charge in [0, 0.05) is 36.5 Å². The van der Waals surface area contributed by atoms with Crippen LogP contribution in [0.1, 0.15) is 18.4 Å². The minimum Gasteiger partial charge on any atom is -0.508 e. The normalized spacial score (nSPS) is 11.5. The van der Waals surface area contributed by atoms with Gasteiger partial charge in [-0.05, 0) is 31.9 Å². The lowest BCUT2D eigenvalue weighted by molar-refractivity contribution is 0.194. The van der Waals surface area contributed by atoms with Crippen molar-refractivity contribution < 1.29 is 14.1 Å². The molecule has 0 amide bonds. The van der Waals surface area contributed by atoms with Crippen molar-refractivity contribution >= 4 is 10.8 Å². The first-order valence-corrected chi connectivity index (χ1v) is 7.33. The highest BCUT2D eigenvalue weighted by Gasteiger charge is 1.89. The molecule has 0 aliphatic rings. The SMILES string of the molecule is COCCCCS(C)=O.Cc1ccc(O)cc1. The van der Waals surface area contributed by atoms with E-state index in [9.17, 15) is 4.21 Å². The van der Waals surface area contributed by atoms with Crippen molar-refractivity contribution in [3.63, 3.8) is 0 Å². The van der Waals surface area contributed by atoms with Gasteiger partial charge in [0.05, 0.1) is 0 Å². The molecule has 0 heterocycles. The molecular formula is C13H22O3S. The maximum atomic E-state index is 10.5. The number of aryl methyl sites for hydroxylation is 1. The number of hydrogen-bond acceptors (Lipinski definition) is 3. The first kappa shape index (κ1) is 16.1. The molecule has 98 valence electrons. The summed E-state index contributed by atoms with van der Waals surface area (Å²) in [5, 5.41) is 8.76. The van der Waals surface area contributed by atoms with Gasteiger partial charge in [0.2, 0.25) is 0 Å². The molecule has 4 heteroatoms. The van der Waals surface area contributed by atoms with Gasteiger partial charge in [-0.1, -0.05) is 17.7 Å². The monoisotopic (exact) mass is 258 g/mol. The van der Waals surface area contributed by atoms with Crippen molar-refractivity contribution in [1.82, 2.24) is 0 Å². The summed E-state index contributed by atoms with van der Waals surface area (Å²) in [4.78, 5) is 0. The standard InChI is InChI=1S/C7H8O.C6H14O2S/c1-6-2-4-7(8)5-3-6;1-8-5-3-4-6-9(2)7/h2-5,8H,1H3;3-6H2,1-2H3. The third-order valence-corrected chi connectivity index (χ3v) is 2.93. The number of unbranched alkanes of at least 4 members (excludes halogenated alkanes) is 1. The Labute approximate surface area is 106 Å². The van der Waals surface area contributed by atoms with Crippen LogP contribution in [0.4, 0.5) is 0 Å². The largest absolute Gasteiger partial charge is 0.508 e. The van der Waals surface area contributed by atoms with E-state index in [1.807, 2.05) is 19.1 Å². The van der Waals surface area contributed by atoms with Crippen LogP contribution < -0.4 is 0 Å². The molecule has 0 saturated carbocycles. The molecule has 0 radical (unpaired) electrons. The van der Waals surface area contributed by atoms with E-state index >= 15 is 0 Å². The van der Waals surface area contributed by atoms with Crippen LogP contribution >= 0.6 is 0 Å². The Kier molecular flexibility index (Phi) is 9.77. The van der Waals surface area contributed by atoms with E-state index in [2.05, 4.69) is 0 Å². The Bertz CT molecular complexity index is 288. The van der Waals surface area contributed by atoms with Crippen LogP contribution in [-0.2, 0) is 15.5 Å². The third kappa shape index (κ3) is 11.4. The van der Waals surface area contributed by atoms with Crippen molar-refractivity contribution in [1.29, 1.82) is 0 Å². The van der Waals surface area contributed by atoms with Gasteiger partial charge in [-0.2, -0.15) is 0 Å². The van der Waals surface area contributed by atoms with E-state index in [0.29, 0.717) is 5.75 Å². The Hall–Kier alpha value is -0.870. The number of aromatic hydroxyl groups is 1. The van der Waals surface area contributed by atoms with E-state index in [4.69, 9.17) is 9.84 Å². The number of benzene rings is 1. The molecule has 1 atom stereocenters. The van der Waals surface area contributed by atoms with Crippen LogP contribution in [0.3, 0.4) is 0 Å². The van der Waals surface area contributed by atoms with Gasteiger partial charge < -0.3 is 9.84 Å². The second kappa shape index (κ2) is 10.3. The van der Waals surface area contributed by atoms with Gasteiger partial charge in [0.1, 0.15) is 5.75 Å². The summed E-state index contributed by atoms with van der Waals surface area (Å²) in [6, 6.07) is 7.09. The van der Waals surface area contributed by atoms with Gasteiger partial charge in [-0.15, -0.1) is 0 Å². The van der Waals surface area contributed by atoms with Gasteiger partial charge >= 0.3 is 0 Å². The highest BCUT2D eigenvalue weighted by Crippen LogP contribution is 2.07. The molecule has 17 heavy (non-hydrogen) atoms. The molecule has 0 aliphatic carbocycles. The van der Waals surface area contributed by atoms with Crippen LogP contribution in [0.25, 0.3) is 0 Å². The summed E-state index contributed by atoms with van der Waals surface area (Å²) in [6.07, 6.45) is 3.76. The Morgan fingerprint density at radius 3 is 2.24 bits per heavy atom. The smallest absolute Gasteiger partial charge is 0.115 e. The Balaban J connectivity index is 0.000000302. The quantitative estimate of drug-likeness (QED) is 0.825. The molecule has 0 spiro atoms. The molecule has 0 fully saturated rings. The van der Waals surface area contributed by atoms with Crippen LogP contribution in [0.15, 0.2) is 24.3 Å². The van der Waals surface area contributed by atoms with Crippen LogP contribution in [0, 0.1) is 6.92 Å². The second-order valence-electron chi connectivity index (χ2n) is 3.81. The lowest BCUT2D eigenvalue weighted by Gasteiger charge is -1.95. The summed E-state index contributed by atoms with van der Waals surface area (Å²) in [5.74, 6) is 1.14. The lowest BCUT2D eigenvalue weighted by Crippen LogP contribution is -1.96. The van der Waals surface area contributed by atoms with E-state index in [0.717, 1.165) is 25.2 Å². The molecular weight excluding hydrogens is 236 g/mol. The van der Waals surface area contributed by atoms with Crippen LogP contribution in [0.5, 0.6) is 5.75 Å². The molecule has 1 aromatic carbocycles. The highest BCUT2D eigenvalue weighted by molar-refractivity contribution is 7.84. The number of phenols is 1. The molecule has 0 bridgehead atoms. The van der Waals surface area contributed by atoms with Crippen molar-refractivity contribution in [2.24, 2.45) is 0 Å². The fourth-order valence-corrected chi connectivity index (χ4v) is 1.71. The fourth-order valence-electron chi connectivity index (χ4n) is 1.10. The first-order chi connectivity index (χ1) is 8.06. The van der Waals surface area contributed by atoms with Gasteiger partial charge in [-0.25, -0.2) is 0 Å². The molecule has 1 unspecified atom stereocenters. The van der Waals surface area contributed by atoms with Crippen molar-refractivity contribution in [2.75, 3.05) is 25.7 Å².